The van der Waals surface area contributed by atoms with Gasteiger partial charge in [-0.05, 0) is 51.3 Å². The quantitative estimate of drug-likeness (QED) is 0.671. The Hall–Kier alpha value is -0.200. The van der Waals surface area contributed by atoms with Crippen LogP contribution in [0.4, 0.5) is 0 Å². The van der Waals surface area contributed by atoms with Crippen LogP contribution in [0.1, 0.15) is 58.8 Å². The predicted molar refractivity (Wildman–Crippen MR) is 76.3 cm³/mol. The van der Waals surface area contributed by atoms with E-state index in [4.69, 9.17) is 5.26 Å². The Balaban J connectivity index is 2.04. The van der Waals surface area contributed by atoms with Crippen molar-refractivity contribution in [1.82, 2.24) is 5.32 Å². The van der Waals surface area contributed by atoms with Gasteiger partial charge in [0.05, 0.1) is 6.07 Å². The molecule has 1 atom stereocenters. The smallest absolute Gasteiger partial charge is 0.103 e. The summed E-state index contributed by atoms with van der Waals surface area (Å²) in [5.74, 6) is 1.28. The van der Waals surface area contributed by atoms with Crippen LogP contribution < -0.4 is 5.32 Å². The SMILES string of the molecule is CCNC(C)(C#N)CCCCSC1CCCC1. The molecule has 2 nitrogen and oxygen atoms in total. The monoisotopic (exact) mass is 254 g/mol. The molecule has 1 unspecified atom stereocenters. The number of unbranched alkanes of at least 4 members (excludes halogenated alkanes) is 1. The highest BCUT2D eigenvalue weighted by atomic mass is 32.2. The first-order valence-electron chi connectivity index (χ1n) is 6.98. The van der Waals surface area contributed by atoms with Gasteiger partial charge in [-0.25, -0.2) is 0 Å². The minimum atomic E-state index is -0.313. The van der Waals surface area contributed by atoms with Gasteiger partial charge in [-0.15, -0.1) is 0 Å². The molecule has 0 bridgehead atoms. The van der Waals surface area contributed by atoms with Gasteiger partial charge >= 0.3 is 0 Å². The molecule has 1 rings (SSSR count). The van der Waals surface area contributed by atoms with Crippen LogP contribution in [0, 0.1) is 11.3 Å². The van der Waals surface area contributed by atoms with Crippen molar-refractivity contribution in [3.8, 4) is 6.07 Å². The highest BCUT2D eigenvalue weighted by Gasteiger charge is 2.21. The summed E-state index contributed by atoms with van der Waals surface area (Å²) in [7, 11) is 0. The number of hydrogen-bond acceptors (Lipinski definition) is 3. The van der Waals surface area contributed by atoms with Crippen molar-refractivity contribution in [2.24, 2.45) is 0 Å². The standard InChI is InChI=1S/C14H26N2S/c1-3-16-14(2,12-15)10-6-7-11-17-13-8-4-5-9-13/h13,16H,3-11H2,1-2H3. The average Bonchev–Trinajstić information content (AvgIpc) is 2.82. The third kappa shape index (κ3) is 5.79. The van der Waals surface area contributed by atoms with Crippen molar-refractivity contribution in [2.75, 3.05) is 12.3 Å². The fourth-order valence-corrected chi connectivity index (χ4v) is 3.83. The molecule has 1 saturated carbocycles. The maximum atomic E-state index is 9.13. The molecule has 0 aromatic carbocycles. The first-order chi connectivity index (χ1) is 8.20. The molecule has 98 valence electrons. The molecule has 3 heteroatoms. The highest BCUT2D eigenvalue weighted by molar-refractivity contribution is 7.99. The van der Waals surface area contributed by atoms with Gasteiger partial charge in [-0.3, -0.25) is 5.32 Å². The Kier molecular flexibility index (Phi) is 6.99. The van der Waals surface area contributed by atoms with Crippen LogP contribution in [-0.2, 0) is 0 Å². The van der Waals surface area contributed by atoms with Crippen molar-refractivity contribution in [2.45, 2.75) is 69.6 Å². The summed E-state index contributed by atoms with van der Waals surface area (Å²) < 4.78 is 0. The molecule has 0 aliphatic heterocycles. The Morgan fingerprint density at radius 2 is 2.06 bits per heavy atom. The van der Waals surface area contributed by atoms with Crippen molar-refractivity contribution < 1.29 is 0 Å². The summed E-state index contributed by atoms with van der Waals surface area (Å²) in [4.78, 5) is 0. The van der Waals surface area contributed by atoms with Gasteiger partial charge in [0.1, 0.15) is 5.54 Å². The van der Waals surface area contributed by atoms with E-state index in [1.54, 1.807) is 0 Å². The lowest BCUT2D eigenvalue weighted by atomic mass is 9.97. The number of nitriles is 1. The second-order valence-corrected chi connectivity index (χ2v) is 6.62. The van der Waals surface area contributed by atoms with Crippen molar-refractivity contribution in [1.29, 1.82) is 5.26 Å². The average molecular weight is 254 g/mol. The third-order valence-electron chi connectivity index (χ3n) is 3.54. The summed E-state index contributed by atoms with van der Waals surface area (Å²) in [6.07, 6.45) is 9.12. The number of rotatable bonds is 8. The zero-order valence-electron chi connectivity index (χ0n) is 11.3. The Labute approximate surface area is 111 Å². The lowest BCUT2D eigenvalue weighted by Crippen LogP contribution is -2.40. The number of nitrogens with zero attached hydrogens (tertiary/aromatic N) is 1. The van der Waals surface area contributed by atoms with Crippen molar-refractivity contribution in [3.05, 3.63) is 0 Å². The Bertz CT molecular complexity index is 243. The molecule has 1 aliphatic rings. The number of nitrogens with one attached hydrogen (secondary N) is 1. The molecule has 0 heterocycles. The summed E-state index contributed by atoms with van der Waals surface area (Å²) in [5.41, 5.74) is -0.313. The van der Waals surface area contributed by atoms with Gasteiger partial charge in [0.15, 0.2) is 0 Å². The van der Waals surface area contributed by atoms with Gasteiger partial charge in [-0.2, -0.15) is 17.0 Å². The molecule has 1 N–H and O–H groups in total. The van der Waals surface area contributed by atoms with E-state index in [0.717, 1.165) is 24.6 Å². The predicted octanol–water partition coefficient (Wildman–Crippen LogP) is 3.72. The second kappa shape index (κ2) is 8.00. The third-order valence-corrected chi connectivity index (χ3v) is 5.01. The molecule has 0 aromatic rings. The molecule has 0 saturated heterocycles. The van der Waals surface area contributed by atoms with E-state index in [-0.39, 0.29) is 5.54 Å². The van der Waals surface area contributed by atoms with Gasteiger partial charge in [-0.1, -0.05) is 19.8 Å². The zero-order valence-corrected chi connectivity index (χ0v) is 12.1. The van der Waals surface area contributed by atoms with Gasteiger partial charge in [0.25, 0.3) is 0 Å². The summed E-state index contributed by atoms with van der Waals surface area (Å²) in [6, 6.07) is 2.39. The van der Waals surface area contributed by atoms with E-state index in [1.807, 2.05) is 6.92 Å². The fourth-order valence-electron chi connectivity index (χ4n) is 2.46. The maximum Gasteiger partial charge on any atom is 0.103 e. The van der Waals surface area contributed by atoms with Gasteiger partial charge < -0.3 is 0 Å². The van der Waals surface area contributed by atoms with E-state index >= 15 is 0 Å². The van der Waals surface area contributed by atoms with Crippen LogP contribution in [0.15, 0.2) is 0 Å². The molecule has 0 radical (unpaired) electrons. The minimum absolute atomic E-state index is 0.313. The van der Waals surface area contributed by atoms with E-state index in [1.165, 1.54) is 37.9 Å². The minimum Gasteiger partial charge on any atom is -0.300 e. The van der Waals surface area contributed by atoms with Crippen LogP contribution in [0.5, 0.6) is 0 Å². The van der Waals surface area contributed by atoms with Crippen LogP contribution in [0.2, 0.25) is 0 Å². The van der Waals surface area contributed by atoms with Crippen molar-refractivity contribution in [3.63, 3.8) is 0 Å². The van der Waals surface area contributed by atoms with Gasteiger partial charge in [0, 0.05) is 5.25 Å². The topological polar surface area (TPSA) is 35.8 Å². The first-order valence-corrected chi connectivity index (χ1v) is 8.03. The van der Waals surface area contributed by atoms with E-state index < -0.39 is 0 Å². The molecule has 0 aromatic heterocycles. The molecule has 1 fully saturated rings. The second-order valence-electron chi connectivity index (χ2n) is 5.21. The van der Waals surface area contributed by atoms with E-state index in [2.05, 4.69) is 30.1 Å². The Morgan fingerprint density at radius 1 is 1.35 bits per heavy atom. The molecule has 1 aliphatic carbocycles. The molecular weight excluding hydrogens is 228 g/mol. The van der Waals surface area contributed by atoms with Gasteiger partial charge in [0.2, 0.25) is 0 Å². The van der Waals surface area contributed by atoms with Crippen LogP contribution in [0.25, 0.3) is 0 Å². The molecular formula is C14H26N2S. The normalized spacial score (nSPS) is 20.1. The van der Waals surface area contributed by atoms with E-state index in [9.17, 15) is 0 Å². The highest BCUT2D eigenvalue weighted by Crippen LogP contribution is 2.30. The van der Waals surface area contributed by atoms with Crippen LogP contribution >= 0.6 is 11.8 Å². The lowest BCUT2D eigenvalue weighted by Gasteiger charge is -2.22. The summed E-state index contributed by atoms with van der Waals surface area (Å²) in [5, 5.41) is 13.3. The largest absolute Gasteiger partial charge is 0.300 e. The molecule has 0 amide bonds. The van der Waals surface area contributed by atoms with Crippen molar-refractivity contribution >= 4 is 11.8 Å². The fraction of sp³-hybridized carbons (Fsp3) is 0.929. The van der Waals surface area contributed by atoms with E-state index in [0.29, 0.717) is 0 Å². The van der Waals surface area contributed by atoms with Crippen LogP contribution in [0.3, 0.4) is 0 Å². The first kappa shape index (κ1) is 14.9. The molecule has 0 spiro atoms. The number of thioether (sulfide) groups is 1. The summed E-state index contributed by atoms with van der Waals surface area (Å²) in [6.45, 7) is 4.95. The Morgan fingerprint density at radius 3 is 2.65 bits per heavy atom. The summed E-state index contributed by atoms with van der Waals surface area (Å²) >= 11 is 2.15. The van der Waals surface area contributed by atoms with Crippen LogP contribution in [-0.4, -0.2) is 23.1 Å². The zero-order chi connectivity index (χ0) is 12.6. The number of hydrogen-bond donors (Lipinski definition) is 1. The molecule has 17 heavy (non-hydrogen) atoms. The lowest BCUT2D eigenvalue weighted by molar-refractivity contribution is 0.415. The maximum absolute atomic E-state index is 9.13.